The molecule has 5 nitrogen and oxygen atoms in total. The lowest BCUT2D eigenvalue weighted by atomic mass is 10.0. The van der Waals surface area contributed by atoms with Crippen LogP contribution in [0.2, 0.25) is 5.02 Å². The summed E-state index contributed by atoms with van der Waals surface area (Å²) in [6, 6.07) is 19.3. The molecule has 0 radical (unpaired) electrons. The van der Waals surface area contributed by atoms with E-state index in [4.69, 9.17) is 11.6 Å². The van der Waals surface area contributed by atoms with Crippen LogP contribution in [0.4, 0.5) is 5.82 Å². The van der Waals surface area contributed by atoms with Gasteiger partial charge in [-0.05, 0) is 42.7 Å². The van der Waals surface area contributed by atoms with Gasteiger partial charge in [0.25, 0.3) is 5.91 Å². The maximum Gasteiger partial charge on any atom is 0.251 e. The fraction of sp³-hybridized carbons (Fsp3) is 0.238. The molecule has 6 heteroatoms. The topological polar surface area (TPSA) is 61.0 Å². The van der Waals surface area contributed by atoms with Crippen molar-refractivity contribution in [1.82, 2.24) is 15.5 Å². The Kier molecular flexibility index (Phi) is 5.12. The van der Waals surface area contributed by atoms with Crippen LogP contribution in [-0.4, -0.2) is 35.2 Å². The Morgan fingerprint density at radius 3 is 2.70 bits per heavy atom. The lowest BCUT2D eigenvalue weighted by Crippen LogP contribution is -2.48. The Hall–Kier alpha value is -2.79. The zero-order valence-electron chi connectivity index (χ0n) is 14.9. The monoisotopic (exact) mass is 380 g/mol. The molecular weight excluding hydrogens is 360 g/mol. The number of benzene rings is 2. The number of amides is 1. The molecule has 3 aromatic rings. The van der Waals surface area contributed by atoms with E-state index in [1.165, 1.54) is 0 Å². The lowest BCUT2D eigenvalue weighted by Gasteiger charge is -2.33. The van der Waals surface area contributed by atoms with Crippen molar-refractivity contribution in [3.05, 3.63) is 71.2 Å². The van der Waals surface area contributed by atoms with Crippen LogP contribution < -0.4 is 10.2 Å². The molecule has 2 heterocycles. The highest BCUT2D eigenvalue weighted by Gasteiger charge is 2.23. The summed E-state index contributed by atoms with van der Waals surface area (Å²) in [5.41, 5.74) is 2.74. The minimum Gasteiger partial charge on any atom is -0.353 e. The normalized spacial score (nSPS) is 16.9. The van der Waals surface area contributed by atoms with Gasteiger partial charge < -0.3 is 10.2 Å². The fourth-order valence-electron chi connectivity index (χ4n) is 3.41. The van der Waals surface area contributed by atoms with E-state index in [0.717, 1.165) is 43.0 Å². The number of aromatic nitrogens is 2. The number of carbonyl (C=O) groups is 1. The molecule has 138 valence electrons. The van der Waals surface area contributed by atoms with Gasteiger partial charge in [-0.2, -0.15) is 5.10 Å². The molecule has 0 spiro atoms. The van der Waals surface area contributed by atoms with Gasteiger partial charge in [0.2, 0.25) is 0 Å². The van der Waals surface area contributed by atoms with Gasteiger partial charge in [0.15, 0.2) is 5.82 Å². The second-order valence-electron chi connectivity index (χ2n) is 6.77. The minimum absolute atomic E-state index is 0.0643. The number of halogens is 1. The summed E-state index contributed by atoms with van der Waals surface area (Å²) in [6.45, 7) is 1.69. The van der Waals surface area contributed by atoms with Gasteiger partial charge in [-0.25, -0.2) is 0 Å². The summed E-state index contributed by atoms with van der Waals surface area (Å²) in [5, 5.41) is 11.3. The molecule has 1 amide bonds. The van der Waals surface area contributed by atoms with Crippen molar-refractivity contribution in [1.29, 1.82) is 0 Å². The van der Waals surface area contributed by atoms with E-state index >= 15 is 0 Å². The van der Waals surface area contributed by atoms with E-state index < -0.39 is 0 Å². The largest absolute Gasteiger partial charge is 0.353 e. The van der Waals surface area contributed by atoms with Crippen molar-refractivity contribution in [3.8, 4) is 11.3 Å². The molecule has 1 saturated heterocycles. The Bertz CT molecular complexity index is 907. The van der Waals surface area contributed by atoms with E-state index in [0.29, 0.717) is 10.6 Å². The molecule has 2 N–H and O–H groups in total. The summed E-state index contributed by atoms with van der Waals surface area (Å²) in [6.07, 6.45) is 1.98. The standard InChI is InChI=1S/C21H21ClN4O/c22-17-10-8-16(9-11-17)21(27)23-18-7-4-12-26(14-18)20-13-19(24-25-20)15-5-2-1-3-6-15/h1-3,5-6,8-11,13,18H,4,7,12,14H2,(H,23,27)(H,24,25)/t18-/m1/s1. The zero-order chi connectivity index (χ0) is 18.6. The molecule has 0 saturated carbocycles. The van der Waals surface area contributed by atoms with Crippen LogP contribution in [0.5, 0.6) is 0 Å². The van der Waals surface area contributed by atoms with E-state index in [1.54, 1.807) is 24.3 Å². The maximum atomic E-state index is 12.5. The zero-order valence-corrected chi connectivity index (χ0v) is 15.6. The van der Waals surface area contributed by atoms with Crippen molar-refractivity contribution in [2.24, 2.45) is 0 Å². The van der Waals surface area contributed by atoms with Crippen LogP contribution >= 0.6 is 11.6 Å². The smallest absolute Gasteiger partial charge is 0.251 e. The molecule has 27 heavy (non-hydrogen) atoms. The van der Waals surface area contributed by atoms with Crippen LogP contribution in [-0.2, 0) is 0 Å². The molecule has 1 atom stereocenters. The first kappa shape index (κ1) is 17.6. The molecule has 1 aliphatic rings. The SMILES string of the molecule is O=C(N[C@@H]1CCCN(c2cc(-c3ccccc3)[nH]n2)C1)c1ccc(Cl)cc1. The Morgan fingerprint density at radius 1 is 1.15 bits per heavy atom. The molecule has 0 unspecified atom stereocenters. The van der Waals surface area contributed by atoms with Gasteiger partial charge in [-0.3, -0.25) is 9.89 Å². The number of aromatic amines is 1. The molecule has 2 aromatic carbocycles. The van der Waals surface area contributed by atoms with Crippen molar-refractivity contribution in [3.63, 3.8) is 0 Å². The highest BCUT2D eigenvalue weighted by atomic mass is 35.5. The van der Waals surface area contributed by atoms with Crippen molar-refractivity contribution in [2.45, 2.75) is 18.9 Å². The average Bonchev–Trinajstić information content (AvgIpc) is 3.20. The first-order valence-electron chi connectivity index (χ1n) is 9.11. The van der Waals surface area contributed by atoms with Gasteiger partial charge in [0, 0.05) is 35.8 Å². The molecule has 4 rings (SSSR count). The second kappa shape index (κ2) is 7.84. The summed E-state index contributed by atoms with van der Waals surface area (Å²) >= 11 is 5.89. The Morgan fingerprint density at radius 2 is 1.93 bits per heavy atom. The van der Waals surface area contributed by atoms with Crippen LogP contribution in [0.1, 0.15) is 23.2 Å². The molecule has 1 aromatic heterocycles. The lowest BCUT2D eigenvalue weighted by molar-refractivity contribution is 0.0933. The summed E-state index contributed by atoms with van der Waals surface area (Å²) in [5.74, 6) is 0.852. The summed E-state index contributed by atoms with van der Waals surface area (Å²) in [4.78, 5) is 14.7. The number of carbonyl (C=O) groups excluding carboxylic acids is 1. The number of hydrogen-bond acceptors (Lipinski definition) is 3. The van der Waals surface area contributed by atoms with Crippen LogP contribution in [0.25, 0.3) is 11.3 Å². The van der Waals surface area contributed by atoms with E-state index in [-0.39, 0.29) is 11.9 Å². The number of nitrogens with one attached hydrogen (secondary N) is 2. The average molecular weight is 381 g/mol. The predicted molar refractivity (Wildman–Crippen MR) is 108 cm³/mol. The quantitative estimate of drug-likeness (QED) is 0.715. The molecular formula is C21H21ClN4O. The Labute approximate surface area is 163 Å². The number of anilines is 1. The summed E-state index contributed by atoms with van der Waals surface area (Å²) in [7, 11) is 0. The highest BCUT2D eigenvalue weighted by molar-refractivity contribution is 6.30. The fourth-order valence-corrected chi connectivity index (χ4v) is 3.54. The predicted octanol–water partition coefficient (Wildman–Crippen LogP) is 4.13. The van der Waals surface area contributed by atoms with E-state index in [2.05, 4.69) is 38.6 Å². The molecule has 0 bridgehead atoms. The van der Waals surface area contributed by atoms with Gasteiger partial charge in [-0.1, -0.05) is 41.9 Å². The van der Waals surface area contributed by atoms with Crippen LogP contribution in [0.15, 0.2) is 60.7 Å². The van der Waals surface area contributed by atoms with Crippen LogP contribution in [0.3, 0.4) is 0 Å². The van der Waals surface area contributed by atoms with Crippen molar-refractivity contribution < 1.29 is 4.79 Å². The van der Waals surface area contributed by atoms with E-state index in [9.17, 15) is 4.79 Å². The number of hydrogen-bond donors (Lipinski definition) is 2. The maximum absolute atomic E-state index is 12.5. The number of piperidine rings is 1. The van der Waals surface area contributed by atoms with Crippen molar-refractivity contribution >= 4 is 23.3 Å². The Balaban J connectivity index is 1.42. The first-order valence-corrected chi connectivity index (χ1v) is 9.49. The number of nitrogens with zero attached hydrogens (tertiary/aromatic N) is 2. The molecule has 1 fully saturated rings. The van der Waals surface area contributed by atoms with Gasteiger partial charge >= 0.3 is 0 Å². The van der Waals surface area contributed by atoms with Crippen LogP contribution in [0, 0.1) is 0 Å². The third-order valence-corrected chi connectivity index (χ3v) is 5.09. The first-order chi connectivity index (χ1) is 13.2. The third-order valence-electron chi connectivity index (χ3n) is 4.84. The van der Waals surface area contributed by atoms with E-state index in [1.807, 2.05) is 18.2 Å². The number of rotatable bonds is 4. The van der Waals surface area contributed by atoms with Gasteiger partial charge in [-0.15, -0.1) is 0 Å². The number of H-pyrrole nitrogens is 1. The highest BCUT2D eigenvalue weighted by Crippen LogP contribution is 2.24. The molecule has 0 aliphatic carbocycles. The van der Waals surface area contributed by atoms with Crippen molar-refractivity contribution in [2.75, 3.05) is 18.0 Å². The second-order valence-corrected chi connectivity index (χ2v) is 7.21. The molecule has 1 aliphatic heterocycles. The summed E-state index contributed by atoms with van der Waals surface area (Å²) < 4.78 is 0. The van der Waals surface area contributed by atoms with Gasteiger partial charge in [0.05, 0.1) is 5.69 Å². The minimum atomic E-state index is -0.0643. The third kappa shape index (κ3) is 4.14. The van der Waals surface area contributed by atoms with Gasteiger partial charge in [0.1, 0.15) is 0 Å².